The van der Waals surface area contributed by atoms with Crippen molar-refractivity contribution in [1.29, 1.82) is 0 Å². The molecule has 2 fully saturated rings. The standard InChI is InChI=1S/C37H54O2SSi2/c1-35(2,3)41(8,9)38-27-28-25-31(28)32-26-37(32,7)23-22-33(34-21-16-24-40-34)39-42(36(4,5)6,29-17-12-10-13-18-29)30-19-14-11-15-20-30/h10-21,24,28,31-33H,22-23,25-27H2,1-9H3/t28-,31+,32-,33?,37+/m1/s1. The quantitative estimate of drug-likeness (QED) is 0.188. The summed E-state index contributed by atoms with van der Waals surface area (Å²) >= 11 is 1.86. The van der Waals surface area contributed by atoms with E-state index in [2.05, 4.69) is 140 Å². The van der Waals surface area contributed by atoms with Crippen LogP contribution in [0.5, 0.6) is 0 Å². The Morgan fingerprint density at radius 1 is 0.857 bits per heavy atom. The summed E-state index contributed by atoms with van der Waals surface area (Å²) in [6, 6.07) is 26.7. The average molecular weight is 619 g/mol. The average Bonchev–Trinajstić information content (AvgIpc) is 3.78. The fourth-order valence-electron chi connectivity index (χ4n) is 6.99. The van der Waals surface area contributed by atoms with Crippen molar-refractivity contribution in [3.8, 4) is 0 Å². The van der Waals surface area contributed by atoms with Crippen LogP contribution >= 0.6 is 11.3 Å². The Morgan fingerprint density at radius 2 is 1.45 bits per heavy atom. The van der Waals surface area contributed by atoms with Crippen LogP contribution in [0, 0.1) is 23.2 Å². The molecular weight excluding hydrogens is 565 g/mol. The molecule has 0 N–H and O–H groups in total. The van der Waals surface area contributed by atoms with Gasteiger partial charge in [0.2, 0.25) is 0 Å². The van der Waals surface area contributed by atoms with Gasteiger partial charge in [-0.15, -0.1) is 11.3 Å². The third-order valence-electron chi connectivity index (χ3n) is 11.0. The predicted octanol–water partition coefficient (Wildman–Crippen LogP) is 9.83. The molecule has 1 heterocycles. The highest BCUT2D eigenvalue weighted by molar-refractivity contribution is 7.10. The number of hydrogen-bond acceptors (Lipinski definition) is 3. The SMILES string of the molecule is CC(C)(C)[Si](C)(C)OC[C@H]1C[C@@H]1[C@H]1C[C@]1(C)CCC(O[Si](c1ccccc1)(c1ccccc1)C(C)(C)C)c1cccs1. The van der Waals surface area contributed by atoms with Gasteiger partial charge < -0.3 is 8.85 Å². The maximum absolute atomic E-state index is 7.72. The van der Waals surface area contributed by atoms with Crippen LogP contribution in [0.25, 0.3) is 0 Å². The Balaban J connectivity index is 1.33. The van der Waals surface area contributed by atoms with Crippen LogP contribution < -0.4 is 10.4 Å². The van der Waals surface area contributed by atoms with E-state index in [1.165, 1.54) is 34.5 Å². The third kappa shape index (κ3) is 6.46. The van der Waals surface area contributed by atoms with Crippen LogP contribution in [0.3, 0.4) is 0 Å². The van der Waals surface area contributed by atoms with Gasteiger partial charge in [-0.25, -0.2) is 0 Å². The molecule has 2 aromatic carbocycles. The molecule has 2 aliphatic carbocycles. The Labute approximate surface area is 262 Å². The van der Waals surface area contributed by atoms with E-state index in [1.54, 1.807) is 0 Å². The molecule has 3 aromatic rings. The second-order valence-corrected chi connectivity index (χ2v) is 26.1. The minimum Gasteiger partial charge on any atom is -0.417 e. The Morgan fingerprint density at radius 3 is 1.95 bits per heavy atom. The van der Waals surface area contributed by atoms with Gasteiger partial charge in [-0.3, -0.25) is 0 Å². The Hall–Kier alpha value is -1.51. The first-order valence-corrected chi connectivity index (χ1v) is 21.8. The molecule has 0 amide bonds. The molecule has 0 spiro atoms. The lowest BCUT2D eigenvalue weighted by Crippen LogP contribution is -2.66. The highest BCUT2D eigenvalue weighted by Gasteiger charge is 2.60. The lowest BCUT2D eigenvalue weighted by molar-refractivity contribution is 0.169. The highest BCUT2D eigenvalue weighted by atomic mass is 32.1. The molecule has 0 radical (unpaired) electrons. The second kappa shape index (κ2) is 11.8. The van der Waals surface area contributed by atoms with E-state index in [4.69, 9.17) is 8.85 Å². The molecule has 5 rings (SSSR count). The first-order chi connectivity index (χ1) is 19.7. The first kappa shape index (κ1) is 31.9. The fraction of sp³-hybridized carbons (Fsp3) is 0.568. The van der Waals surface area contributed by atoms with Gasteiger partial charge in [-0.05, 0) is 93.8 Å². The van der Waals surface area contributed by atoms with Crippen molar-refractivity contribution in [2.75, 3.05) is 6.61 Å². The van der Waals surface area contributed by atoms with Gasteiger partial charge >= 0.3 is 0 Å². The molecule has 0 bridgehead atoms. The monoisotopic (exact) mass is 618 g/mol. The highest BCUT2D eigenvalue weighted by Crippen LogP contribution is 2.67. The van der Waals surface area contributed by atoms with Gasteiger partial charge in [-0.2, -0.15) is 0 Å². The summed E-state index contributed by atoms with van der Waals surface area (Å²) in [6.45, 7) is 22.5. The third-order valence-corrected chi connectivity index (χ3v) is 21.5. The van der Waals surface area contributed by atoms with E-state index < -0.39 is 16.6 Å². The minimum atomic E-state index is -2.63. The van der Waals surface area contributed by atoms with Crippen LogP contribution in [0.15, 0.2) is 78.2 Å². The number of benzene rings is 2. The van der Waals surface area contributed by atoms with Gasteiger partial charge in [0.1, 0.15) is 0 Å². The Kier molecular flexibility index (Phi) is 8.95. The minimum absolute atomic E-state index is 0.0252. The second-order valence-electron chi connectivity index (χ2n) is 16.0. The summed E-state index contributed by atoms with van der Waals surface area (Å²) in [5, 5.41) is 5.21. The zero-order valence-corrected chi connectivity index (χ0v) is 30.4. The van der Waals surface area contributed by atoms with Crippen molar-refractivity contribution in [1.82, 2.24) is 0 Å². The summed E-state index contributed by atoms with van der Waals surface area (Å²) in [6.07, 6.45) is 5.14. The number of rotatable bonds is 12. The van der Waals surface area contributed by atoms with Crippen LogP contribution in [0.1, 0.15) is 85.1 Å². The van der Waals surface area contributed by atoms with Gasteiger partial charge in [0.25, 0.3) is 8.32 Å². The number of hydrogen-bond donors (Lipinski definition) is 0. The predicted molar refractivity (Wildman–Crippen MR) is 186 cm³/mol. The zero-order valence-electron chi connectivity index (χ0n) is 27.6. The molecule has 2 saturated carbocycles. The van der Waals surface area contributed by atoms with Crippen molar-refractivity contribution in [3.05, 3.63) is 83.1 Å². The molecule has 5 heteroatoms. The van der Waals surface area contributed by atoms with Crippen molar-refractivity contribution in [2.24, 2.45) is 23.2 Å². The van der Waals surface area contributed by atoms with Gasteiger partial charge in [-0.1, -0.05) is 115 Å². The van der Waals surface area contributed by atoms with Gasteiger partial charge in [0.15, 0.2) is 8.32 Å². The summed E-state index contributed by atoms with van der Waals surface area (Å²) < 4.78 is 14.4. The topological polar surface area (TPSA) is 18.5 Å². The molecule has 42 heavy (non-hydrogen) atoms. The normalized spacial score (nSPS) is 25.3. The van der Waals surface area contributed by atoms with Crippen LogP contribution in [-0.4, -0.2) is 23.2 Å². The van der Waals surface area contributed by atoms with E-state index in [9.17, 15) is 0 Å². The molecule has 0 aliphatic heterocycles. The maximum Gasteiger partial charge on any atom is 0.261 e. The smallest absolute Gasteiger partial charge is 0.261 e. The molecule has 1 unspecified atom stereocenters. The first-order valence-electron chi connectivity index (χ1n) is 16.1. The Bertz CT molecular complexity index is 1250. The van der Waals surface area contributed by atoms with Gasteiger partial charge in [0, 0.05) is 11.5 Å². The van der Waals surface area contributed by atoms with E-state index in [-0.39, 0.29) is 16.2 Å². The molecule has 2 nitrogen and oxygen atoms in total. The fourth-order valence-corrected chi connectivity index (χ4v) is 13.6. The van der Waals surface area contributed by atoms with Crippen LogP contribution in [0.2, 0.25) is 23.2 Å². The molecular formula is C37H54O2SSi2. The summed E-state index contributed by atoms with van der Waals surface area (Å²) in [7, 11) is -4.31. The zero-order chi connectivity index (χ0) is 30.4. The molecule has 2 aliphatic rings. The van der Waals surface area contributed by atoms with Crippen molar-refractivity contribution in [2.45, 2.75) is 103 Å². The van der Waals surface area contributed by atoms with E-state index in [0.29, 0.717) is 5.41 Å². The lowest BCUT2D eigenvalue weighted by atomic mass is 9.95. The maximum atomic E-state index is 7.72. The molecule has 0 saturated heterocycles. The number of thiophene rings is 1. The van der Waals surface area contributed by atoms with Crippen LogP contribution in [-0.2, 0) is 8.85 Å². The van der Waals surface area contributed by atoms with Gasteiger partial charge in [0.05, 0.1) is 6.10 Å². The summed E-state index contributed by atoms with van der Waals surface area (Å²) in [4.78, 5) is 1.37. The molecule has 228 valence electrons. The van der Waals surface area contributed by atoms with Crippen molar-refractivity contribution in [3.63, 3.8) is 0 Å². The van der Waals surface area contributed by atoms with Crippen molar-refractivity contribution < 1.29 is 8.85 Å². The van der Waals surface area contributed by atoms with E-state index in [1.807, 2.05) is 11.3 Å². The van der Waals surface area contributed by atoms with Crippen LogP contribution in [0.4, 0.5) is 0 Å². The molecule has 5 atom stereocenters. The summed E-state index contributed by atoms with van der Waals surface area (Å²) in [5.74, 6) is 2.48. The molecule has 1 aromatic heterocycles. The summed E-state index contributed by atoms with van der Waals surface area (Å²) in [5.41, 5.74) is 0.431. The van der Waals surface area contributed by atoms with E-state index in [0.717, 1.165) is 30.8 Å². The van der Waals surface area contributed by atoms with Crippen molar-refractivity contribution >= 4 is 38.3 Å². The van der Waals surface area contributed by atoms with E-state index >= 15 is 0 Å². The lowest BCUT2D eigenvalue weighted by Gasteiger charge is -2.45. The largest absolute Gasteiger partial charge is 0.417 e.